The number of amides is 1. The van der Waals surface area contributed by atoms with Gasteiger partial charge in [-0.2, -0.15) is 5.10 Å². The van der Waals surface area contributed by atoms with Gasteiger partial charge in [-0.15, -0.1) is 0 Å². The monoisotopic (exact) mass is 469 g/mol. The van der Waals surface area contributed by atoms with Crippen LogP contribution in [0.4, 0.5) is 10.2 Å². The van der Waals surface area contributed by atoms with Crippen LogP contribution in [0, 0.1) is 5.82 Å². The number of carbonyl (C=O) groups is 1. The lowest BCUT2D eigenvalue weighted by Crippen LogP contribution is -2.39. The minimum Gasteiger partial charge on any atom is -0.370 e. The summed E-state index contributed by atoms with van der Waals surface area (Å²) >= 11 is 5.99. The molecule has 1 aromatic carbocycles. The van der Waals surface area contributed by atoms with Crippen LogP contribution >= 0.6 is 11.6 Å². The normalized spacial score (nSPS) is 18.4. The Bertz CT molecular complexity index is 1230. The van der Waals surface area contributed by atoms with Gasteiger partial charge in [0.15, 0.2) is 0 Å². The van der Waals surface area contributed by atoms with E-state index in [1.165, 1.54) is 6.07 Å². The SMILES string of the molecule is CC(C)N1Cc2c(cc(N3CCOC(c4cnn(C)c4)C3)nc2-c2ccc(Cl)cc2F)C1=O. The summed E-state index contributed by atoms with van der Waals surface area (Å²) in [5, 5.41) is 4.56. The smallest absolute Gasteiger partial charge is 0.254 e. The van der Waals surface area contributed by atoms with Crippen LogP contribution in [0.1, 0.15) is 41.4 Å². The van der Waals surface area contributed by atoms with Gasteiger partial charge in [0.25, 0.3) is 5.91 Å². The van der Waals surface area contributed by atoms with Crippen molar-refractivity contribution in [2.24, 2.45) is 7.05 Å². The Labute approximate surface area is 196 Å². The first-order valence-corrected chi connectivity index (χ1v) is 11.3. The third-order valence-corrected chi connectivity index (χ3v) is 6.46. The molecule has 7 nitrogen and oxygen atoms in total. The molecule has 3 aromatic rings. The second kappa shape index (κ2) is 8.43. The first-order chi connectivity index (χ1) is 15.8. The van der Waals surface area contributed by atoms with Crippen molar-refractivity contribution in [3.05, 3.63) is 64.2 Å². The number of morpholine rings is 1. The van der Waals surface area contributed by atoms with Crippen molar-refractivity contribution in [3.8, 4) is 11.3 Å². The van der Waals surface area contributed by atoms with Gasteiger partial charge in [0, 0.05) is 60.6 Å². The van der Waals surface area contributed by atoms with Gasteiger partial charge in [-0.3, -0.25) is 9.48 Å². The highest BCUT2D eigenvalue weighted by atomic mass is 35.5. The molecule has 0 saturated carbocycles. The summed E-state index contributed by atoms with van der Waals surface area (Å²) in [5.74, 6) is 0.116. The molecule has 1 unspecified atom stereocenters. The summed E-state index contributed by atoms with van der Waals surface area (Å²) in [6.07, 6.45) is 3.56. The molecule has 0 radical (unpaired) electrons. The second-order valence-corrected chi connectivity index (χ2v) is 9.20. The van der Waals surface area contributed by atoms with Gasteiger partial charge in [-0.05, 0) is 38.1 Å². The molecule has 2 aromatic heterocycles. The number of fused-ring (bicyclic) bond motifs is 1. The molecule has 172 valence electrons. The number of rotatable bonds is 4. The Morgan fingerprint density at radius 3 is 2.76 bits per heavy atom. The maximum absolute atomic E-state index is 15.0. The molecule has 1 amide bonds. The minimum atomic E-state index is -0.458. The van der Waals surface area contributed by atoms with Crippen LogP contribution in [0.5, 0.6) is 0 Å². The van der Waals surface area contributed by atoms with Crippen molar-refractivity contribution < 1.29 is 13.9 Å². The van der Waals surface area contributed by atoms with Crippen LogP contribution in [-0.4, -0.2) is 51.3 Å². The van der Waals surface area contributed by atoms with Crippen LogP contribution in [0.2, 0.25) is 5.02 Å². The summed E-state index contributed by atoms with van der Waals surface area (Å²) in [7, 11) is 1.87. The Morgan fingerprint density at radius 1 is 1.24 bits per heavy atom. The number of halogens is 2. The average molecular weight is 470 g/mol. The number of aryl methyl sites for hydroxylation is 1. The van der Waals surface area contributed by atoms with E-state index in [4.69, 9.17) is 21.3 Å². The zero-order chi connectivity index (χ0) is 23.3. The number of aromatic nitrogens is 3. The number of carbonyl (C=O) groups excluding carboxylic acids is 1. The maximum Gasteiger partial charge on any atom is 0.254 e. The molecule has 1 fully saturated rings. The molecular formula is C24H25ClFN5O2. The molecule has 2 aliphatic rings. The summed E-state index contributed by atoms with van der Waals surface area (Å²) in [5.41, 5.74) is 3.12. The molecule has 5 rings (SSSR count). The molecule has 2 aliphatic heterocycles. The molecule has 0 spiro atoms. The molecule has 1 atom stereocenters. The molecule has 0 bridgehead atoms. The Kier molecular flexibility index (Phi) is 5.58. The van der Waals surface area contributed by atoms with Crippen molar-refractivity contribution in [3.63, 3.8) is 0 Å². The highest BCUT2D eigenvalue weighted by molar-refractivity contribution is 6.30. The number of anilines is 1. The topological polar surface area (TPSA) is 63.5 Å². The first-order valence-electron chi connectivity index (χ1n) is 11.0. The van der Waals surface area contributed by atoms with Gasteiger partial charge in [0.2, 0.25) is 0 Å². The summed E-state index contributed by atoms with van der Waals surface area (Å²) < 4.78 is 22.7. The van der Waals surface area contributed by atoms with E-state index in [0.717, 1.165) is 11.1 Å². The maximum atomic E-state index is 15.0. The number of hydrogen-bond acceptors (Lipinski definition) is 5. The molecule has 4 heterocycles. The predicted octanol–water partition coefficient (Wildman–Crippen LogP) is 4.22. The van der Waals surface area contributed by atoms with E-state index in [-0.39, 0.29) is 18.1 Å². The number of ether oxygens (including phenoxy) is 1. The fourth-order valence-corrected chi connectivity index (χ4v) is 4.61. The van der Waals surface area contributed by atoms with E-state index < -0.39 is 5.82 Å². The quantitative estimate of drug-likeness (QED) is 0.572. The minimum absolute atomic E-state index is 0.0228. The predicted molar refractivity (Wildman–Crippen MR) is 124 cm³/mol. The van der Waals surface area contributed by atoms with E-state index in [1.54, 1.807) is 27.9 Å². The number of pyridine rings is 1. The van der Waals surface area contributed by atoms with Crippen molar-refractivity contribution in [1.82, 2.24) is 19.7 Å². The highest BCUT2D eigenvalue weighted by Gasteiger charge is 2.35. The summed E-state index contributed by atoms with van der Waals surface area (Å²) in [4.78, 5) is 22.0. The van der Waals surface area contributed by atoms with Crippen molar-refractivity contribution in [2.45, 2.75) is 32.5 Å². The lowest BCUT2D eigenvalue weighted by Gasteiger charge is -2.33. The van der Waals surface area contributed by atoms with E-state index >= 15 is 0 Å². The lowest BCUT2D eigenvalue weighted by molar-refractivity contribution is 0.0395. The largest absolute Gasteiger partial charge is 0.370 e. The third-order valence-electron chi connectivity index (χ3n) is 6.23. The van der Waals surface area contributed by atoms with Crippen molar-refractivity contribution in [2.75, 3.05) is 24.6 Å². The Morgan fingerprint density at radius 2 is 2.06 bits per heavy atom. The van der Waals surface area contributed by atoms with Gasteiger partial charge in [-0.1, -0.05) is 11.6 Å². The van der Waals surface area contributed by atoms with E-state index in [2.05, 4.69) is 10.00 Å². The number of benzene rings is 1. The molecular weight excluding hydrogens is 445 g/mol. The third kappa shape index (κ3) is 3.98. The average Bonchev–Trinajstić information content (AvgIpc) is 3.37. The van der Waals surface area contributed by atoms with Crippen molar-refractivity contribution >= 4 is 23.3 Å². The van der Waals surface area contributed by atoms with Crippen LogP contribution in [0.3, 0.4) is 0 Å². The summed E-state index contributed by atoms with van der Waals surface area (Å²) in [6, 6.07) is 6.41. The standard InChI is InChI=1S/C24H25ClFN5O2/c1-14(2)31-12-19-18(24(31)32)9-22(28-23(19)17-5-4-16(25)8-20(17)26)30-6-7-33-21(13-30)15-10-27-29(3)11-15/h4-5,8-11,14,21H,6-7,12-13H2,1-3H3. The van der Waals surface area contributed by atoms with Gasteiger partial charge in [0.1, 0.15) is 17.7 Å². The fraction of sp³-hybridized carbons (Fsp3) is 0.375. The number of nitrogens with zero attached hydrogens (tertiary/aromatic N) is 5. The van der Waals surface area contributed by atoms with Gasteiger partial charge in [0.05, 0.1) is 24.1 Å². The Hall–Kier alpha value is -2.97. The molecule has 1 saturated heterocycles. The lowest BCUT2D eigenvalue weighted by atomic mass is 10.0. The second-order valence-electron chi connectivity index (χ2n) is 8.76. The van der Waals surface area contributed by atoms with E-state index in [9.17, 15) is 9.18 Å². The van der Waals surface area contributed by atoms with Gasteiger partial charge < -0.3 is 14.5 Å². The zero-order valence-corrected chi connectivity index (χ0v) is 19.5. The van der Waals surface area contributed by atoms with Crippen LogP contribution in [0.25, 0.3) is 11.3 Å². The zero-order valence-electron chi connectivity index (χ0n) is 18.8. The molecule has 9 heteroatoms. The first kappa shape index (κ1) is 21.9. The van der Waals surface area contributed by atoms with Gasteiger partial charge in [-0.25, -0.2) is 9.37 Å². The van der Waals surface area contributed by atoms with Crippen molar-refractivity contribution in [1.29, 1.82) is 0 Å². The Balaban J connectivity index is 1.58. The van der Waals surface area contributed by atoms with Crippen LogP contribution in [-0.2, 0) is 18.3 Å². The summed E-state index contributed by atoms with van der Waals surface area (Å²) in [6.45, 7) is 6.03. The molecule has 0 N–H and O–H groups in total. The van der Waals surface area contributed by atoms with E-state index in [0.29, 0.717) is 53.9 Å². The van der Waals surface area contributed by atoms with E-state index in [1.807, 2.05) is 33.2 Å². The molecule has 33 heavy (non-hydrogen) atoms. The highest BCUT2D eigenvalue weighted by Crippen LogP contribution is 2.37. The van der Waals surface area contributed by atoms with Crippen LogP contribution in [0.15, 0.2) is 36.7 Å². The van der Waals surface area contributed by atoms with Crippen LogP contribution < -0.4 is 4.90 Å². The molecule has 0 aliphatic carbocycles. The van der Waals surface area contributed by atoms with Gasteiger partial charge >= 0.3 is 0 Å². The number of hydrogen-bond donors (Lipinski definition) is 0. The fourth-order valence-electron chi connectivity index (χ4n) is 4.45.